The summed E-state index contributed by atoms with van der Waals surface area (Å²) in [6.45, 7) is 5.28. The molecule has 0 bridgehead atoms. The second-order valence-corrected chi connectivity index (χ2v) is 4.48. The number of methoxy groups -OCH3 is 1. The highest BCUT2D eigenvalue weighted by Gasteiger charge is 2.18. The van der Waals surface area contributed by atoms with Crippen LogP contribution in [0.3, 0.4) is 0 Å². The van der Waals surface area contributed by atoms with Gasteiger partial charge in [0.25, 0.3) is 0 Å². The first-order valence-corrected chi connectivity index (χ1v) is 5.19. The van der Waals surface area contributed by atoms with Gasteiger partial charge in [-0.3, -0.25) is 5.32 Å². The number of hydrogen-bond donors (Lipinski definition) is 2. The molecule has 0 heterocycles. The van der Waals surface area contributed by atoms with E-state index in [1.54, 1.807) is 32.9 Å². The molecule has 0 aliphatic rings. The Hall–Kier alpha value is -1.91. The Morgan fingerprint density at radius 2 is 2.00 bits per heavy atom. The summed E-state index contributed by atoms with van der Waals surface area (Å²) >= 11 is 0. The summed E-state index contributed by atoms with van der Waals surface area (Å²) in [7, 11) is 1.45. The molecule has 17 heavy (non-hydrogen) atoms. The molecule has 5 heteroatoms. The maximum atomic E-state index is 11.5. The van der Waals surface area contributed by atoms with Gasteiger partial charge >= 0.3 is 6.09 Å². The molecule has 1 aromatic rings. The zero-order valence-electron chi connectivity index (χ0n) is 10.4. The summed E-state index contributed by atoms with van der Waals surface area (Å²) in [5, 5.41) is 12.1. The number of ether oxygens (including phenoxy) is 2. The Balaban J connectivity index is 2.84. The highest BCUT2D eigenvalue weighted by molar-refractivity contribution is 5.89. The van der Waals surface area contributed by atoms with Crippen LogP contribution >= 0.6 is 0 Å². The van der Waals surface area contributed by atoms with Gasteiger partial charge in [0, 0.05) is 0 Å². The highest BCUT2D eigenvalue weighted by Crippen LogP contribution is 2.33. The van der Waals surface area contributed by atoms with Crippen molar-refractivity contribution in [3.05, 3.63) is 18.2 Å². The van der Waals surface area contributed by atoms with Gasteiger partial charge in [0.2, 0.25) is 0 Å². The number of phenols is 1. The molecule has 0 saturated carbocycles. The van der Waals surface area contributed by atoms with Gasteiger partial charge in [-0.25, -0.2) is 4.79 Å². The summed E-state index contributed by atoms with van der Waals surface area (Å²) in [5.41, 5.74) is -0.397. The van der Waals surface area contributed by atoms with Gasteiger partial charge in [0.05, 0.1) is 7.11 Å². The Kier molecular flexibility index (Phi) is 3.83. The molecule has 1 amide bonds. The quantitative estimate of drug-likeness (QED) is 0.779. The van der Waals surface area contributed by atoms with Gasteiger partial charge in [-0.05, 0) is 32.9 Å². The number of carbonyl (C=O) groups is 1. The van der Waals surface area contributed by atoms with E-state index in [2.05, 4.69) is 5.32 Å². The van der Waals surface area contributed by atoms with Crippen molar-refractivity contribution in [2.75, 3.05) is 12.4 Å². The lowest BCUT2D eigenvalue weighted by Crippen LogP contribution is -2.27. The molecule has 1 aromatic carbocycles. The molecule has 0 fully saturated rings. The number of carbonyl (C=O) groups excluding carboxylic acids is 1. The molecular weight excluding hydrogens is 222 g/mol. The Bertz CT molecular complexity index is 409. The first kappa shape index (κ1) is 13.2. The van der Waals surface area contributed by atoms with Crippen molar-refractivity contribution in [3.63, 3.8) is 0 Å². The van der Waals surface area contributed by atoms with E-state index in [9.17, 15) is 9.90 Å². The molecule has 0 radical (unpaired) electrons. The topological polar surface area (TPSA) is 67.8 Å². The third-order valence-corrected chi connectivity index (χ3v) is 1.85. The molecule has 0 saturated heterocycles. The number of nitrogens with one attached hydrogen (secondary N) is 1. The van der Waals surface area contributed by atoms with Gasteiger partial charge in [0.15, 0.2) is 0 Å². The van der Waals surface area contributed by atoms with E-state index in [1.165, 1.54) is 13.2 Å². The summed E-state index contributed by atoms with van der Waals surface area (Å²) in [6, 6.07) is 4.70. The van der Waals surface area contributed by atoms with Gasteiger partial charge in [-0.1, -0.05) is 6.07 Å². The lowest BCUT2D eigenvalue weighted by Gasteiger charge is -2.20. The van der Waals surface area contributed by atoms with E-state index in [-0.39, 0.29) is 11.4 Å². The van der Waals surface area contributed by atoms with Crippen LogP contribution in [0.4, 0.5) is 10.5 Å². The lowest BCUT2D eigenvalue weighted by molar-refractivity contribution is 0.0635. The van der Waals surface area contributed by atoms with Crippen LogP contribution in [0, 0.1) is 0 Å². The number of aromatic hydroxyl groups is 1. The van der Waals surface area contributed by atoms with E-state index in [0.717, 1.165) is 0 Å². The van der Waals surface area contributed by atoms with Gasteiger partial charge in [-0.2, -0.15) is 0 Å². The van der Waals surface area contributed by atoms with Crippen molar-refractivity contribution in [2.24, 2.45) is 0 Å². The van der Waals surface area contributed by atoms with E-state index < -0.39 is 11.7 Å². The maximum Gasteiger partial charge on any atom is 0.412 e. The van der Waals surface area contributed by atoms with Crippen molar-refractivity contribution < 1.29 is 19.4 Å². The molecular formula is C12H17NO4. The summed E-state index contributed by atoms with van der Waals surface area (Å²) in [5.74, 6) is 0.297. The van der Waals surface area contributed by atoms with Crippen LogP contribution in [0.25, 0.3) is 0 Å². The molecule has 1 rings (SSSR count). The first-order chi connectivity index (χ1) is 7.83. The Labute approximate surface area is 100 Å². The fraction of sp³-hybridized carbons (Fsp3) is 0.417. The standard InChI is InChI=1S/C12H17NO4/c1-12(2,3)17-11(15)13-10-8(14)6-5-7-9(10)16-4/h5-7,14H,1-4H3,(H,13,15). The average Bonchev–Trinajstić information content (AvgIpc) is 2.18. The van der Waals surface area contributed by atoms with E-state index >= 15 is 0 Å². The largest absolute Gasteiger partial charge is 0.506 e. The number of anilines is 1. The SMILES string of the molecule is COc1cccc(O)c1NC(=O)OC(C)(C)C. The smallest absolute Gasteiger partial charge is 0.412 e. The monoisotopic (exact) mass is 239 g/mol. The maximum absolute atomic E-state index is 11.5. The van der Waals surface area contributed by atoms with Crippen LogP contribution in [0.2, 0.25) is 0 Å². The van der Waals surface area contributed by atoms with E-state index in [1.807, 2.05) is 0 Å². The number of rotatable bonds is 2. The summed E-state index contributed by atoms with van der Waals surface area (Å²) in [4.78, 5) is 11.5. The van der Waals surface area contributed by atoms with E-state index in [4.69, 9.17) is 9.47 Å². The van der Waals surface area contributed by atoms with Crippen LogP contribution < -0.4 is 10.1 Å². The van der Waals surface area contributed by atoms with Crippen molar-refractivity contribution in [2.45, 2.75) is 26.4 Å². The van der Waals surface area contributed by atoms with Crippen molar-refractivity contribution in [1.82, 2.24) is 0 Å². The van der Waals surface area contributed by atoms with Gasteiger partial charge in [0.1, 0.15) is 22.8 Å². The zero-order chi connectivity index (χ0) is 13.1. The fourth-order valence-corrected chi connectivity index (χ4v) is 1.22. The second-order valence-electron chi connectivity index (χ2n) is 4.48. The average molecular weight is 239 g/mol. The van der Waals surface area contributed by atoms with Crippen molar-refractivity contribution >= 4 is 11.8 Å². The molecule has 0 atom stereocenters. The van der Waals surface area contributed by atoms with Crippen LogP contribution in [-0.4, -0.2) is 23.9 Å². The van der Waals surface area contributed by atoms with Gasteiger partial charge in [-0.15, -0.1) is 0 Å². The molecule has 5 nitrogen and oxygen atoms in total. The molecule has 2 N–H and O–H groups in total. The third kappa shape index (κ3) is 3.86. The van der Waals surface area contributed by atoms with E-state index in [0.29, 0.717) is 5.75 Å². The Morgan fingerprint density at radius 1 is 1.35 bits per heavy atom. The Morgan fingerprint density at radius 3 is 2.53 bits per heavy atom. The molecule has 0 aliphatic heterocycles. The second kappa shape index (κ2) is 4.95. The number of phenolic OH excluding ortho intramolecular Hbond substituents is 1. The minimum absolute atomic E-state index is 0.0739. The minimum atomic E-state index is -0.641. The predicted octanol–water partition coefficient (Wildman–Crippen LogP) is 2.75. The number of para-hydroxylation sites is 1. The zero-order valence-corrected chi connectivity index (χ0v) is 10.4. The highest BCUT2D eigenvalue weighted by atomic mass is 16.6. The summed E-state index contributed by atoms with van der Waals surface area (Å²) < 4.78 is 10.1. The lowest BCUT2D eigenvalue weighted by atomic mass is 10.2. The molecule has 94 valence electrons. The van der Waals surface area contributed by atoms with Crippen LogP contribution in [-0.2, 0) is 4.74 Å². The van der Waals surface area contributed by atoms with Crippen molar-refractivity contribution in [1.29, 1.82) is 0 Å². The number of amides is 1. The normalized spacial score (nSPS) is 10.8. The van der Waals surface area contributed by atoms with Crippen LogP contribution in [0.5, 0.6) is 11.5 Å². The molecule has 0 unspecified atom stereocenters. The van der Waals surface area contributed by atoms with Crippen LogP contribution in [0.15, 0.2) is 18.2 Å². The van der Waals surface area contributed by atoms with Crippen LogP contribution in [0.1, 0.15) is 20.8 Å². The van der Waals surface area contributed by atoms with Crippen molar-refractivity contribution in [3.8, 4) is 11.5 Å². The molecule has 0 aliphatic carbocycles. The number of benzene rings is 1. The molecule has 0 spiro atoms. The molecule has 0 aromatic heterocycles. The summed E-state index contributed by atoms with van der Waals surface area (Å²) in [6.07, 6.45) is -0.641. The third-order valence-electron chi connectivity index (χ3n) is 1.85. The number of hydrogen-bond acceptors (Lipinski definition) is 4. The predicted molar refractivity (Wildman–Crippen MR) is 64.5 cm³/mol. The first-order valence-electron chi connectivity index (χ1n) is 5.19. The minimum Gasteiger partial charge on any atom is -0.506 e. The van der Waals surface area contributed by atoms with Gasteiger partial charge < -0.3 is 14.6 Å². The fourth-order valence-electron chi connectivity index (χ4n) is 1.22.